The van der Waals surface area contributed by atoms with E-state index in [4.69, 9.17) is 16.7 Å². The third-order valence-electron chi connectivity index (χ3n) is 3.39. The Morgan fingerprint density at radius 2 is 1.96 bits per heavy atom. The lowest BCUT2D eigenvalue weighted by atomic mass is 9.96. The summed E-state index contributed by atoms with van der Waals surface area (Å²) in [6.45, 7) is 12.2. The van der Waals surface area contributed by atoms with E-state index in [0.717, 1.165) is 17.7 Å². The van der Waals surface area contributed by atoms with Crippen LogP contribution in [0, 0.1) is 19.3 Å². The number of aliphatic hydroxyl groups excluding tert-OH is 1. The average Bonchev–Trinajstić information content (AvgIpc) is 2.38. The molecule has 130 valence electrons. The number of amides is 1. The van der Waals surface area contributed by atoms with Gasteiger partial charge in [-0.2, -0.15) is 0 Å². The maximum Gasteiger partial charge on any atom is 0.238 e. The van der Waals surface area contributed by atoms with E-state index in [1.165, 1.54) is 0 Å². The Morgan fingerprint density at radius 3 is 2.48 bits per heavy atom. The van der Waals surface area contributed by atoms with E-state index >= 15 is 0 Å². The predicted octanol–water partition coefficient (Wildman–Crippen LogP) is 3.63. The van der Waals surface area contributed by atoms with E-state index < -0.39 is 0 Å². The summed E-state index contributed by atoms with van der Waals surface area (Å²) in [4.78, 5) is 14.5. The molecular weight excluding hydrogens is 312 g/mol. The summed E-state index contributed by atoms with van der Waals surface area (Å²) in [5.41, 5.74) is 2.80. The van der Waals surface area contributed by atoms with Crippen molar-refractivity contribution in [3.05, 3.63) is 28.3 Å². The molecule has 0 aliphatic heterocycles. The van der Waals surface area contributed by atoms with Crippen LogP contribution >= 0.6 is 11.6 Å². The summed E-state index contributed by atoms with van der Waals surface area (Å²) in [6.07, 6.45) is 0.660. The minimum atomic E-state index is -0.0824. The second-order valence-electron chi connectivity index (χ2n) is 7.34. The van der Waals surface area contributed by atoms with Gasteiger partial charge in [-0.05, 0) is 42.9 Å². The standard InChI is InChI=1S/C18H29ClN2O2/c1-13-9-14(2)17(15(19)10-13)20-16(23)11-21(7-6-8-22)12-18(3,4)5/h9-10,22H,6-8,11-12H2,1-5H3,(H,20,23). The van der Waals surface area contributed by atoms with Crippen molar-refractivity contribution < 1.29 is 9.90 Å². The molecule has 0 radical (unpaired) electrons. The van der Waals surface area contributed by atoms with E-state index in [1.54, 1.807) is 0 Å². The van der Waals surface area contributed by atoms with Gasteiger partial charge in [-0.1, -0.05) is 38.4 Å². The monoisotopic (exact) mass is 340 g/mol. The Balaban J connectivity index is 2.75. The van der Waals surface area contributed by atoms with Crippen LogP contribution in [-0.2, 0) is 4.79 Å². The highest BCUT2D eigenvalue weighted by molar-refractivity contribution is 6.34. The summed E-state index contributed by atoms with van der Waals surface area (Å²) in [5.74, 6) is -0.0824. The largest absolute Gasteiger partial charge is 0.396 e. The highest BCUT2D eigenvalue weighted by atomic mass is 35.5. The van der Waals surface area contributed by atoms with Crippen molar-refractivity contribution in [1.29, 1.82) is 0 Å². The fraction of sp³-hybridized carbons (Fsp3) is 0.611. The first-order chi connectivity index (χ1) is 10.6. The summed E-state index contributed by atoms with van der Waals surface area (Å²) in [5, 5.41) is 12.5. The van der Waals surface area contributed by atoms with Crippen molar-refractivity contribution in [3.8, 4) is 0 Å². The van der Waals surface area contributed by atoms with Gasteiger partial charge < -0.3 is 10.4 Å². The van der Waals surface area contributed by atoms with E-state index in [0.29, 0.717) is 30.2 Å². The van der Waals surface area contributed by atoms with Crippen molar-refractivity contribution in [2.45, 2.75) is 41.0 Å². The molecule has 23 heavy (non-hydrogen) atoms. The Labute approximate surface area is 144 Å². The lowest BCUT2D eigenvalue weighted by Gasteiger charge is -2.29. The molecule has 0 saturated heterocycles. The van der Waals surface area contributed by atoms with Gasteiger partial charge in [-0.3, -0.25) is 9.69 Å². The van der Waals surface area contributed by atoms with Gasteiger partial charge in [-0.15, -0.1) is 0 Å². The molecular formula is C18H29ClN2O2. The van der Waals surface area contributed by atoms with Crippen LogP contribution in [0.3, 0.4) is 0 Å². The quantitative estimate of drug-likeness (QED) is 0.797. The van der Waals surface area contributed by atoms with E-state index in [2.05, 4.69) is 31.0 Å². The fourth-order valence-corrected chi connectivity index (χ4v) is 3.00. The molecule has 0 aromatic heterocycles. The number of nitrogens with one attached hydrogen (secondary N) is 1. The van der Waals surface area contributed by atoms with Gasteiger partial charge in [-0.25, -0.2) is 0 Å². The number of rotatable bonds is 7. The predicted molar refractivity (Wildman–Crippen MR) is 97.2 cm³/mol. The highest BCUT2D eigenvalue weighted by Gasteiger charge is 2.19. The molecule has 0 aliphatic rings. The van der Waals surface area contributed by atoms with Crippen LogP contribution in [0.2, 0.25) is 5.02 Å². The second-order valence-corrected chi connectivity index (χ2v) is 7.74. The summed E-state index contributed by atoms with van der Waals surface area (Å²) < 4.78 is 0. The summed E-state index contributed by atoms with van der Waals surface area (Å²) in [6, 6.07) is 3.85. The van der Waals surface area contributed by atoms with E-state index in [9.17, 15) is 4.79 Å². The van der Waals surface area contributed by atoms with Crippen LogP contribution in [0.5, 0.6) is 0 Å². The molecule has 0 aliphatic carbocycles. The Morgan fingerprint density at radius 1 is 1.30 bits per heavy atom. The minimum Gasteiger partial charge on any atom is -0.396 e. The number of aliphatic hydroxyl groups is 1. The van der Waals surface area contributed by atoms with Gasteiger partial charge in [0.25, 0.3) is 0 Å². The number of anilines is 1. The molecule has 1 amide bonds. The van der Waals surface area contributed by atoms with Gasteiger partial charge in [0.1, 0.15) is 0 Å². The minimum absolute atomic E-state index is 0.0824. The van der Waals surface area contributed by atoms with Crippen molar-refractivity contribution >= 4 is 23.2 Å². The van der Waals surface area contributed by atoms with Gasteiger partial charge in [0.05, 0.1) is 17.3 Å². The second kappa shape index (κ2) is 8.67. The zero-order valence-electron chi connectivity index (χ0n) is 14.9. The molecule has 1 rings (SSSR count). The van der Waals surface area contributed by atoms with Crippen LogP contribution < -0.4 is 5.32 Å². The van der Waals surface area contributed by atoms with Crippen molar-refractivity contribution in [3.63, 3.8) is 0 Å². The molecule has 5 heteroatoms. The molecule has 2 N–H and O–H groups in total. The molecule has 0 heterocycles. The topological polar surface area (TPSA) is 52.6 Å². The van der Waals surface area contributed by atoms with Gasteiger partial charge in [0.15, 0.2) is 0 Å². The third kappa shape index (κ3) is 7.34. The number of nitrogens with zero attached hydrogens (tertiary/aromatic N) is 1. The Kier molecular flexibility index (Phi) is 7.52. The van der Waals surface area contributed by atoms with Gasteiger partial charge >= 0.3 is 0 Å². The van der Waals surface area contributed by atoms with Crippen molar-refractivity contribution in [2.24, 2.45) is 5.41 Å². The number of carbonyl (C=O) groups excluding carboxylic acids is 1. The zero-order valence-corrected chi connectivity index (χ0v) is 15.6. The number of benzene rings is 1. The summed E-state index contributed by atoms with van der Waals surface area (Å²) >= 11 is 6.24. The highest BCUT2D eigenvalue weighted by Crippen LogP contribution is 2.27. The maximum absolute atomic E-state index is 12.4. The number of hydrogen-bond acceptors (Lipinski definition) is 3. The number of aryl methyl sites for hydroxylation is 2. The molecule has 0 saturated carbocycles. The van der Waals surface area contributed by atoms with E-state index in [1.807, 2.05) is 26.0 Å². The van der Waals surface area contributed by atoms with Crippen LogP contribution in [0.4, 0.5) is 5.69 Å². The van der Waals surface area contributed by atoms with Gasteiger partial charge in [0, 0.05) is 19.7 Å². The average molecular weight is 341 g/mol. The smallest absolute Gasteiger partial charge is 0.238 e. The van der Waals surface area contributed by atoms with Crippen LogP contribution in [0.15, 0.2) is 12.1 Å². The fourth-order valence-electron chi connectivity index (χ4n) is 2.64. The van der Waals surface area contributed by atoms with Crippen molar-refractivity contribution in [2.75, 3.05) is 31.6 Å². The lowest BCUT2D eigenvalue weighted by molar-refractivity contribution is -0.117. The SMILES string of the molecule is Cc1cc(C)c(NC(=O)CN(CCCO)CC(C)(C)C)c(Cl)c1. The first kappa shape index (κ1) is 19.9. The zero-order chi connectivity index (χ0) is 17.6. The molecule has 1 aromatic carbocycles. The Bertz CT molecular complexity index is 515. The molecule has 0 unspecified atom stereocenters. The van der Waals surface area contributed by atoms with Crippen LogP contribution in [-0.4, -0.2) is 42.2 Å². The number of hydrogen-bond donors (Lipinski definition) is 2. The van der Waals surface area contributed by atoms with E-state index in [-0.39, 0.29) is 17.9 Å². The molecule has 1 aromatic rings. The molecule has 0 fully saturated rings. The van der Waals surface area contributed by atoms with Crippen molar-refractivity contribution in [1.82, 2.24) is 4.90 Å². The summed E-state index contributed by atoms with van der Waals surface area (Å²) in [7, 11) is 0. The first-order valence-corrected chi connectivity index (χ1v) is 8.40. The third-order valence-corrected chi connectivity index (χ3v) is 3.69. The molecule has 0 bridgehead atoms. The normalized spacial score (nSPS) is 11.8. The lowest BCUT2D eigenvalue weighted by Crippen LogP contribution is -2.39. The number of carbonyl (C=O) groups is 1. The molecule has 0 spiro atoms. The van der Waals surface area contributed by atoms with Gasteiger partial charge in [0.2, 0.25) is 5.91 Å². The van der Waals surface area contributed by atoms with Crippen LogP contribution in [0.1, 0.15) is 38.3 Å². The molecule has 4 nitrogen and oxygen atoms in total. The number of halogens is 1. The van der Waals surface area contributed by atoms with Crippen LogP contribution in [0.25, 0.3) is 0 Å². The Hall–Kier alpha value is -1.10. The molecule has 0 atom stereocenters. The maximum atomic E-state index is 12.4. The first-order valence-electron chi connectivity index (χ1n) is 8.02.